The molecule has 1 fully saturated rings. The number of hydrogen-bond acceptors (Lipinski definition) is 5. The number of benzene rings is 1. The van der Waals surface area contributed by atoms with E-state index in [4.69, 9.17) is 4.74 Å². The molecule has 1 saturated heterocycles. The van der Waals surface area contributed by atoms with Crippen molar-refractivity contribution in [2.24, 2.45) is 0 Å². The number of nitrogens with one attached hydrogen (secondary N) is 2. The van der Waals surface area contributed by atoms with E-state index in [1.54, 1.807) is 6.07 Å². The summed E-state index contributed by atoms with van der Waals surface area (Å²) in [5, 5.41) is 5.76. The van der Waals surface area contributed by atoms with E-state index in [1.807, 2.05) is 43.3 Å². The van der Waals surface area contributed by atoms with Crippen molar-refractivity contribution in [2.75, 3.05) is 39.4 Å². The fraction of sp³-hybridized carbons (Fsp3) is 0.400. The summed E-state index contributed by atoms with van der Waals surface area (Å²) in [6, 6.07) is 13.5. The zero-order valence-electron chi connectivity index (χ0n) is 15.4. The van der Waals surface area contributed by atoms with E-state index in [0.29, 0.717) is 18.1 Å². The molecule has 2 N–H and O–H groups in total. The summed E-state index contributed by atoms with van der Waals surface area (Å²) in [6.07, 6.45) is 0. The Hall–Kier alpha value is -2.22. The van der Waals surface area contributed by atoms with Crippen LogP contribution in [0.5, 0.6) is 0 Å². The van der Waals surface area contributed by atoms with Gasteiger partial charge in [0.25, 0.3) is 5.91 Å². The highest BCUT2D eigenvalue weighted by atomic mass is 32.1. The first kappa shape index (κ1) is 19.5. The molecule has 27 heavy (non-hydrogen) atoms. The number of ether oxygens (including phenoxy) is 1. The second-order valence-electron chi connectivity index (χ2n) is 6.54. The molecule has 7 heteroatoms. The molecule has 0 spiro atoms. The quantitative estimate of drug-likeness (QED) is 0.762. The SMILES string of the molecule is Cc1ccc(C(=O)NCC(=O)NC(CN2CCOCC2)c2ccccc2)s1. The molecule has 1 atom stereocenters. The molecule has 1 aromatic carbocycles. The summed E-state index contributed by atoms with van der Waals surface area (Å²) in [5.41, 5.74) is 1.05. The molecule has 0 saturated carbocycles. The number of carbonyl (C=O) groups is 2. The van der Waals surface area contributed by atoms with E-state index in [9.17, 15) is 9.59 Å². The van der Waals surface area contributed by atoms with Crippen molar-refractivity contribution in [3.63, 3.8) is 0 Å². The fourth-order valence-corrected chi connectivity index (χ4v) is 3.80. The minimum atomic E-state index is -0.215. The molecule has 6 nitrogen and oxygen atoms in total. The van der Waals surface area contributed by atoms with Crippen LogP contribution in [0.2, 0.25) is 0 Å². The van der Waals surface area contributed by atoms with Gasteiger partial charge in [0.2, 0.25) is 5.91 Å². The Bertz CT molecular complexity index is 757. The van der Waals surface area contributed by atoms with Crippen LogP contribution in [0, 0.1) is 6.92 Å². The Kier molecular flexibility index (Phi) is 6.98. The molecule has 0 radical (unpaired) electrons. The van der Waals surface area contributed by atoms with Gasteiger partial charge in [-0.05, 0) is 24.6 Å². The van der Waals surface area contributed by atoms with E-state index >= 15 is 0 Å². The lowest BCUT2D eigenvalue weighted by Gasteiger charge is -2.31. The van der Waals surface area contributed by atoms with Crippen molar-refractivity contribution in [3.05, 3.63) is 57.8 Å². The van der Waals surface area contributed by atoms with Crippen LogP contribution in [0.4, 0.5) is 0 Å². The average Bonchev–Trinajstić information content (AvgIpc) is 3.13. The maximum atomic E-state index is 12.4. The largest absolute Gasteiger partial charge is 0.379 e. The van der Waals surface area contributed by atoms with Crippen molar-refractivity contribution in [3.8, 4) is 0 Å². The van der Waals surface area contributed by atoms with Gasteiger partial charge in [-0.25, -0.2) is 0 Å². The Labute approximate surface area is 163 Å². The molecule has 144 valence electrons. The van der Waals surface area contributed by atoms with Crippen LogP contribution in [0.1, 0.15) is 26.2 Å². The number of carbonyl (C=O) groups excluding carboxylic acids is 2. The molecule has 0 aliphatic carbocycles. The number of morpholine rings is 1. The lowest BCUT2D eigenvalue weighted by atomic mass is 10.1. The van der Waals surface area contributed by atoms with Crippen molar-refractivity contribution in [1.29, 1.82) is 0 Å². The summed E-state index contributed by atoms with van der Waals surface area (Å²) in [4.78, 5) is 28.5. The van der Waals surface area contributed by atoms with E-state index < -0.39 is 0 Å². The van der Waals surface area contributed by atoms with Crippen LogP contribution >= 0.6 is 11.3 Å². The van der Waals surface area contributed by atoms with Crippen LogP contribution < -0.4 is 10.6 Å². The van der Waals surface area contributed by atoms with Crippen molar-refractivity contribution in [1.82, 2.24) is 15.5 Å². The fourth-order valence-electron chi connectivity index (χ4n) is 3.01. The maximum absolute atomic E-state index is 12.4. The first-order valence-corrected chi connectivity index (χ1v) is 9.92. The van der Waals surface area contributed by atoms with Crippen LogP contribution in [0.15, 0.2) is 42.5 Å². The molecule has 1 unspecified atom stereocenters. The normalized spacial score (nSPS) is 15.9. The highest BCUT2D eigenvalue weighted by molar-refractivity contribution is 7.13. The summed E-state index contributed by atoms with van der Waals surface area (Å²) in [7, 11) is 0. The molecular weight excluding hydrogens is 362 g/mol. The third kappa shape index (κ3) is 5.89. The number of thiophene rings is 1. The van der Waals surface area contributed by atoms with Gasteiger partial charge in [0.1, 0.15) is 0 Å². The van der Waals surface area contributed by atoms with Crippen LogP contribution in [0.25, 0.3) is 0 Å². The van der Waals surface area contributed by atoms with Gasteiger partial charge in [-0.1, -0.05) is 30.3 Å². The molecule has 1 aliphatic rings. The molecule has 3 rings (SSSR count). The average molecular weight is 388 g/mol. The Balaban J connectivity index is 1.57. The Morgan fingerprint density at radius 1 is 1.15 bits per heavy atom. The number of hydrogen-bond donors (Lipinski definition) is 2. The van der Waals surface area contributed by atoms with E-state index in [1.165, 1.54) is 11.3 Å². The first-order chi connectivity index (χ1) is 13.1. The number of rotatable bonds is 7. The minimum absolute atomic E-state index is 0.0395. The smallest absolute Gasteiger partial charge is 0.261 e. The minimum Gasteiger partial charge on any atom is -0.379 e. The standard InChI is InChI=1S/C20H25N3O3S/c1-15-7-8-18(27-15)20(25)21-13-19(24)22-17(16-5-3-2-4-6-16)14-23-9-11-26-12-10-23/h2-8,17H,9-14H2,1H3,(H,21,25)(H,22,24). The zero-order chi connectivity index (χ0) is 19.1. The topological polar surface area (TPSA) is 70.7 Å². The highest BCUT2D eigenvalue weighted by Gasteiger charge is 2.20. The molecule has 0 bridgehead atoms. The van der Waals surface area contributed by atoms with E-state index in [0.717, 1.165) is 30.1 Å². The second-order valence-corrected chi connectivity index (χ2v) is 7.82. The van der Waals surface area contributed by atoms with Gasteiger partial charge in [0.05, 0.1) is 30.7 Å². The van der Waals surface area contributed by atoms with Gasteiger partial charge < -0.3 is 15.4 Å². The van der Waals surface area contributed by atoms with Gasteiger partial charge in [-0.2, -0.15) is 0 Å². The van der Waals surface area contributed by atoms with Gasteiger partial charge in [-0.3, -0.25) is 14.5 Å². The summed E-state index contributed by atoms with van der Waals surface area (Å²) >= 11 is 1.42. The van der Waals surface area contributed by atoms with Gasteiger partial charge in [-0.15, -0.1) is 11.3 Å². The molecular formula is C20H25N3O3S. The van der Waals surface area contributed by atoms with Gasteiger partial charge in [0, 0.05) is 24.5 Å². The number of amides is 2. The van der Waals surface area contributed by atoms with Crippen LogP contribution in [-0.2, 0) is 9.53 Å². The van der Waals surface area contributed by atoms with E-state index in [2.05, 4.69) is 15.5 Å². The van der Waals surface area contributed by atoms with E-state index in [-0.39, 0.29) is 24.4 Å². The highest BCUT2D eigenvalue weighted by Crippen LogP contribution is 2.16. The predicted molar refractivity (Wildman–Crippen MR) is 106 cm³/mol. The third-order valence-electron chi connectivity index (χ3n) is 4.46. The van der Waals surface area contributed by atoms with Crippen molar-refractivity contribution >= 4 is 23.2 Å². The van der Waals surface area contributed by atoms with Crippen molar-refractivity contribution < 1.29 is 14.3 Å². The molecule has 2 amide bonds. The van der Waals surface area contributed by atoms with Gasteiger partial charge >= 0.3 is 0 Å². The maximum Gasteiger partial charge on any atom is 0.261 e. The van der Waals surface area contributed by atoms with Gasteiger partial charge in [0.15, 0.2) is 0 Å². The predicted octanol–water partition coefficient (Wildman–Crippen LogP) is 1.98. The lowest BCUT2D eigenvalue weighted by molar-refractivity contribution is -0.121. The third-order valence-corrected chi connectivity index (χ3v) is 5.45. The summed E-state index contributed by atoms with van der Waals surface area (Å²) < 4.78 is 5.40. The molecule has 2 aromatic rings. The zero-order valence-corrected chi connectivity index (χ0v) is 16.3. The van der Waals surface area contributed by atoms with Crippen LogP contribution in [-0.4, -0.2) is 56.1 Å². The molecule has 1 aromatic heterocycles. The lowest BCUT2D eigenvalue weighted by Crippen LogP contribution is -2.45. The second kappa shape index (κ2) is 9.64. The molecule has 2 heterocycles. The van der Waals surface area contributed by atoms with Crippen LogP contribution in [0.3, 0.4) is 0 Å². The number of aryl methyl sites for hydroxylation is 1. The number of nitrogens with zero attached hydrogens (tertiary/aromatic N) is 1. The van der Waals surface area contributed by atoms with Crippen molar-refractivity contribution in [2.45, 2.75) is 13.0 Å². The Morgan fingerprint density at radius 2 is 1.89 bits per heavy atom. The molecule has 1 aliphatic heterocycles. The summed E-state index contributed by atoms with van der Waals surface area (Å²) in [6.45, 7) is 5.77. The summed E-state index contributed by atoms with van der Waals surface area (Å²) in [5.74, 6) is -0.411. The first-order valence-electron chi connectivity index (χ1n) is 9.11. The monoisotopic (exact) mass is 387 g/mol. The Morgan fingerprint density at radius 3 is 2.56 bits per heavy atom.